The Balaban J connectivity index is 2.07. The number of nitrogens with zero attached hydrogens (tertiary/aromatic N) is 1. The van der Waals surface area contributed by atoms with E-state index in [-0.39, 0.29) is 12.8 Å². The minimum Gasteiger partial charge on any atom is -0.481 e. The summed E-state index contributed by atoms with van der Waals surface area (Å²) in [5.74, 6) is -0.925. The van der Waals surface area contributed by atoms with E-state index in [0.717, 1.165) is 21.9 Å². The maximum absolute atomic E-state index is 10.6. The second-order valence-corrected chi connectivity index (χ2v) is 4.75. The zero-order valence-electron chi connectivity index (χ0n) is 11.1. The van der Waals surface area contributed by atoms with Crippen LogP contribution in [-0.4, -0.2) is 22.0 Å². The monoisotopic (exact) mass is 283 g/mol. The van der Waals surface area contributed by atoms with Crippen LogP contribution in [0.1, 0.15) is 18.4 Å². The van der Waals surface area contributed by atoms with E-state index in [2.05, 4.69) is 5.16 Å². The SMILES string of the molecule is O=C(O)CCC(=NO)c1ccc2oc3ccccc3c2c1. The average Bonchev–Trinajstić information content (AvgIpc) is 2.85. The highest BCUT2D eigenvalue weighted by atomic mass is 16.4. The van der Waals surface area contributed by atoms with Gasteiger partial charge in [0.25, 0.3) is 0 Å². The number of furan rings is 1. The minimum atomic E-state index is -0.925. The van der Waals surface area contributed by atoms with Crippen molar-refractivity contribution in [2.45, 2.75) is 12.8 Å². The first kappa shape index (κ1) is 13.2. The summed E-state index contributed by atoms with van der Waals surface area (Å²) >= 11 is 0. The molecular weight excluding hydrogens is 270 g/mol. The predicted molar refractivity (Wildman–Crippen MR) is 78.9 cm³/mol. The number of hydrogen-bond acceptors (Lipinski definition) is 4. The van der Waals surface area contributed by atoms with Crippen LogP contribution in [0.4, 0.5) is 0 Å². The summed E-state index contributed by atoms with van der Waals surface area (Å²) in [5.41, 5.74) is 2.58. The number of oxime groups is 1. The number of aliphatic carboxylic acids is 1. The van der Waals surface area contributed by atoms with Gasteiger partial charge in [-0.05, 0) is 24.3 Å². The molecule has 106 valence electrons. The molecule has 0 bridgehead atoms. The molecule has 21 heavy (non-hydrogen) atoms. The van der Waals surface area contributed by atoms with Crippen molar-refractivity contribution < 1.29 is 19.5 Å². The van der Waals surface area contributed by atoms with Crippen LogP contribution in [0.2, 0.25) is 0 Å². The molecule has 1 aromatic heterocycles. The van der Waals surface area contributed by atoms with Crippen molar-refractivity contribution in [1.82, 2.24) is 0 Å². The number of benzene rings is 2. The van der Waals surface area contributed by atoms with Gasteiger partial charge in [0, 0.05) is 22.8 Å². The van der Waals surface area contributed by atoms with Gasteiger partial charge in [-0.2, -0.15) is 0 Å². The van der Waals surface area contributed by atoms with Crippen LogP contribution in [0, 0.1) is 0 Å². The number of para-hydroxylation sites is 1. The third-order valence-electron chi connectivity index (χ3n) is 3.41. The Bertz CT molecular complexity index is 848. The van der Waals surface area contributed by atoms with Crippen LogP contribution in [0.5, 0.6) is 0 Å². The fraction of sp³-hybridized carbons (Fsp3) is 0.125. The fourth-order valence-corrected chi connectivity index (χ4v) is 2.38. The molecule has 0 unspecified atom stereocenters. The van der Waals surface area contributed by atoms with E-state index in [1.807, 2.05) is 30.3 Å². The third kappa shape index (κ3) is 2.45. The Morgan fingerprint density at radius 3 is 2.57 bits per heavy atom. The highest BCUT2D eigenvalue weighted by Gasteiger charge is 2.11. The Hall–Kier alpha value is -2.82. The lowest BCUT2D eigenvalue weighted by Gasteiger charge is -2.03. The molecular formula is C16H13NO4. The molecule has 1 heterocycles. The van der Waals surface area contributed by atoms with Crippen LogP contribution in [0.15, 0.2) is 52.0 Å². The van der Waals surface area contributed by atoms with Crippen molar-refractivity contribution in [2.24, 2.45) is 5.16 Å². The van der Waals surface area contributed by atoms with E-state index in [4.69, 9.17) is 14.7 Å². The first-order chi connectivity index (χ1) is 10.2. The largest absolute Gasteiger partial charge is 0.481 e. The zero-order chi connectivity index (χ0) is 14.8. The second kappa shape index (κ2) is 5.28. The lowest BCUT2D eigenvalue weighted by molar-refractivity contribution is -0.136. The van der Waals surface area contributed by atoms with E-state index in [1.165, 1.54) is 0 Å². The number of carbonyl (C=O) groups is 1. The molecule has 0 atom stereocenters. The standard InChI is InChI=1S/C16H13NO4/c18-16(19)8-6-13(17-20)10-5-7-15-12(9-10)11-3-1-2-4-14(11)21-15/h1-5,7,9,20H,6,8H2,(H,18,19). The van der Waals surface area contributed by atoms with Gasteiger partial charge in [0.2, 0.25) is 0 Å². The van der Waals surface area contributed by atoms with Crippen LogP contribution >= 0.6 is 0 Å². The minimum absolute atomic E-state index is 0.0798. The fourth-order valence-electron chi connectivity index (χ4n) is 2.38. The maximum atomic E-state index is 10.6. The Morgan fingerprint density at radius 2 is 1.81 bits per heavy atom. The summed E-state index contributed by atoms with van der Waals surface area (Å²) < 4.78 is 5.72. The lowest BCUT2D eigenvalue weighted by Crippen LogP contribution is -2.05. The van der Waals surface area contributed by atoms with Crippen LogP contribution in [0.3, 0.4) is 0 Å². The van der Waals surface area contributed by atoms with Crippen molar-refractivity contribution in [3.8, 4) is 0 Å². The Kier molecular flexibility index (Phi) is 3.31. The van der Waals surface area contributed by atoms with Gasteiger partial charge in [-0.1, -0.05) is 23.4 Å². The van der Waals surface area contributed by atoms with Gasteiger partial charge in [-0.15, -0.1) is 0 Å². The molecule has 0 aliphatic rings. The number of carboxylic acids is 1. The molecule has 0 aliphatic carbocycles. The number of hydrogen-bond donors (Lipinski definition) is 2. The summed E-state index contributed by atoms with van der Waals surface area (Å²) in [6.07, 6.45) is 0.0939. The highest BCUT2D eigenvalue weighted by molar-refractivity contribution is 6.09. The average molecular weight is 283 g/mol. The van der Waals surface area contributed by atoms with E-state index in [1.54, 1.807) is 12.1 Å². The number of rotatable bonds is 4. The molecule has 3 aromatic rings. The van der Waals surface area contributed by atoms with E-state index in [0.29, 0.717) is 11.3 Å². The van der Waals surface area contributed by atoms with Gasteiger partial charge in [0.1, 0.15) is 11.2 Å². The van der Waals surface area contributed by atoms with Crippen LogP contribution < -0.4 is 0 Å². The summed E-state index contributed by atoms with van der Waals surface area (Å²) in [7, 11) is 0. The Morgan fingerprint density at radius 1 is 1.05 bits per heavy atom. The van der Waals surface area contributed by atoms with E-state index in [9.17, 15) is 4.79 Å². The number of carboxylic acid groups (broad SMARTS) is 1. The van der Waals surface area contributed by atoms with Gasteiger partial charge >= 0.3 is 5.97 Å². The molecule has 5 nitrogen and oxygen atoms in total. The molecule has 0 fully saturated rings. The molecule has 0 radical (unpaired) electrons. The number of fused-ring (bicyclic) bond motifs is 3. The topological polar surface area (TPSA) is 83.0 Å². The third-order valence-corrected chi connectivity index (χ3v) is 3.41. The summed E-state index contributed by atoms with van der Waals surface area (Å²) in [6, 6.07) is 13.1. The quantitative estimate of drug-likeness (QED) is 0.435. The van der Waals surface area contributed by atoms with Crippen molar-refractivity contribution in [3.05, 3.63) is 48.0 Å². The van der Waals surface area contributed by atoms with Crippen molar-refractivity contribution in [2.75, 3.05) is 0 Å². The summed E-state index contributed by atoms with van der Waals surface area (Å²) in [5, 5.41) is 23.0. The van der Waals surface area contributed by atoms with Crippen molar-refractivity contribution in [3.63, 3.8) is 0 Å². The van der Waals surface area contributed by atoms with E-state index >= 15 is 0 Å². The molecule has 5 heteroatoms. The first-order valence-corrected chi connectivity index (χ1v) is 6.53. The summed E-state index contributed by atoms with van der Waals surface area (Å²) in [6.45, 7) is 0. The van der Waals surface area contributed by atoms with Crippen molar-refractivity contribution in [1.29, 1.82) is 0 Å². The van der Waals surface area contributed by atoms with E-state index < -0.39 is 5.97 Å². The molecule has 0 spiro atoms. The van der Waals surface area contributed by atoms with Gasteiger partial charge < -0.3 is 14.7 Å². The molecule has 0 saturated carbocycles. The highest BCUT2D eigenvalue weighted by Crippen LogP contribution is 2.29. The molecule has 2 aromatic carbocycles. The van der Waals surface area contributed by atoms with Gasteiger partial charge in [0.15, 0.2) is 0 Å². The lowest BCUT2D eigenvalue weighted by atomic mass is 10.0. The molecule has 0 aliphatic heterocycles. The second-order valence-electron chi connectivity index (χ2n) is 4.75. The maximum Gasteiger partial charge on any atom is 0.303 e. The molecule has 3 rings (SSSR count). The predicted octanol–water partition coefficient (Wildman–Crippen LogP) is 3.63. The smallest absolute Gasteiger partial charge is 0.303 e. The normalized spacial score (nSPS) is 12.1. The molecule has 2 N–H and O–H groups in total. The molecule has 0 saturated heterocycles. The first-order valence-electron chi connectivity index (χ1n) is 6.53. The van der Waals surface area contributed by atoms with Gasteiger partial charge in [-0.25, -0.2) is 0 Å². The molecule has 0 amide bonds. The summed E-state index contributed by atoms with van der Waals surface area (Å²) in [4.78, 5) is 10.6. The van der Waals surface area contributed by atoms with Crippen LogP contribution in [-0.2, 0) is 4.79 Å². The van der Waals surface area contributed by atoms with Gasteiger partial charge in [0.05, 0.1) is 12.1 Å². The van der Waals surface area contributed by atoms with Crippen LogP contribution in [0.25, 0.3) is 21.9 Å². The zero-order valence-corrected chi connectivity index (χ0v) is 11.1. The Labute approximate surface area is 120 Å². The van der Waals surface area contributed by atoms with Crippen molar-refractivity contribution >= 4 is 33.6 Å². The van der Waals surface area contributed by atoms with Gasteiger partial charge in [-0.3, -0.25) is 4.79 Å².